The van der Waals surface area contributed by atoms with E-state index >= 15 is 0 Å². The van der Waals surface area contributed by atoms with E-state index in [9.17, 15) is 18.0 Å². The summed E-state index contributed by atoms with van der Waals surface area (Å²) < 4.78 is 39.5. The molecule has 4 nitrogen and oxygen atoms in total. The molecule has 2 aromatic rings. The normalized spacial score (nSPS) is 11.0. The van der Waals surface area contributed by atoms with E-state index in [1.165, 1.54) is 35.0 Å². The van der Waals surface area contributed by atoms with E-state index in [1.807, 2.05) is 0 Å². The molecule has 0 unspecified atom stereocenters. The Morgan fingerprint density at radius 2 is 2.00 bits per heavy atom. The number of benzene rings is 1. The van der Waals surface area contributed by atoms with E-state index in [0.29, 0.717) is 10.6 Å². The Bertz CT molecular complexity index is 629. The van der Waals surface area contributed by atoms with Gasteiger partial charge in [-0.05, 0) is 23.8 Å². The van der Waals surface area contributed by atoms with E-state index in [4.69, 9.17) is 5.11 Å². The van der Waals surface area contributed by atoms with Gasteiger partial charge in [0.05, 0.1) is 17.3 Å². The number of carboxylic acids is 1. The fourth-order valence-electron chi connectivity index (χ4n) is 1.65. The monoisotopic (exact) mass is 316 g/mol. The number of thioether (sulfide) groups is 1. The first-order chi connectivity index (χ1) is 9.95. The molecule has 0 saturated heterocycles. The van der Waals surface area contributed by atoms with E-state index < -0.39 is 23.9 Å². The lowest BCUT2D eigenvalue weighted by atomic mass is 10.2. The van der Waals surface area contributed by atoms with Crippen LogP contribution in [0.25, 0.3) is 0 Å². The van der Waals surface area contributed by atoms with Crippen molar-refractivity contribution in [1.82, 2.24) is 9.78 Å². The zero-order valence-corrected chi connectivity index (χ0v) is 11.5. The Labute approximate surface area is 122 Å². The van der Waals surface area contributed by atoms with Crippen molar-refractivity contribution < 1.29 is 23.1 Å². The van der Waals surface area contributed by atoms with Crippen LogP contribution in [0.4, 0.5) is 13.2 Å². The van der Waals surface area contributed by atoms with Crippen molar-refractivity contribution in [2.75, 3.05) is 5.75 Å². The lowest BCUT2D eigenvalue weighted by molar-refractivity contribution is -0.133. The minimum atomic E-state index is -2.73. The molecule has 2 rings (SSSR count). The summed E-state index contributed by atoms with van der Waals surface area (Å²) >= 11 is 0.909. The molecule has 1 heterocycles. The molecule has 0 bridgehead atoms. The van der Waals surface area contributed by atoms with Crippen LogP contribution in [0.3, 0.4) is 0 Å². The molecule has 0 amide bonds. The second kappa shape index (κ2) is 6.66. The Kier molecular flexibility index (Phi) is 4.89. The Morgan fingerprint density at radius 3 is 2.57 bits per heavy atom. The average molecular weight is 316 g/mol. The van der Waals surface area contributed by atoms with Crippen LogP contribution in [-0.2, 0) is 11.3 Å². The first kappa shape index (κ1) is 15.4. The van der Waals surface area contributed by atoms with Crippen molar-refractivity contribution in [3.8, 4) is 0 Å². The molecule has 0 aliphatic heterocycles. The van der Waals surface area contributed by atoms with E-state index in [1.54, 1.807) is 0 Å². The summed E-state index contributed by atoms with van der Waals surface area (Å²) in [5.41, 5.74) is 0.266. The van der Waals surface area contributed by atoms with Gasteiger partial charge in [0.25, 0.3) is 6.43 Å². The van der Waals surface area contributed by atoms with Gasteiger partial charge in [-0.2, -0.15) is 5.10 Å². The standard InChI is InChI=1S/C13H11F3N2O2S/c14-9-3-1-8(2-4-9)6-18-11(21-7-12(19)20)5-10(17-18)13(15)16/h1-5,13H,6-7H2,(H,19,20). The number of rotatable bonds is 6. The topological polar surface area (TPSA) is 55.1 Å². The van der Waals surface area contributed by atoms with Crippen LogP contribution in [0.2, 0.25) is 0 Å². The van der Waals surface area contributed by atoms with Crippen molar-refractivity contribution >= 4 is 17.7 Å². The zero-order valence-electron chi connectivity index (χ0n) is 10.7. The quantitative estimate of drug-likeness (QED) is 0.832. The predicted octanol–water partition coefficient (Wildman–Crippen LogP) is 3.18. The molecule has 112 valence electrons. The van der Waals surface area contributed by atoms with Crippen LogP contribution in [0.5, 0.6) is 0 Å². The summed E-state index contributed by atoms with van der Waals surface area (Å²) in [6.07, 6.45) is -2.73. The van der Waals surface area contributed by atoms with Gasteiger partial charge in [0.1, 0.15) is 11.5 Å². The third-order valence-electron chi connectivity index (χ3n) is 2.57. The minimum Gasteiger partial charge on any atom is -0.481 e. The summed E-state index contributed by atoms with van der Waals surface area (Å²) in [4.78, 5) is 10.6. The summed E-state index contributed by atoms with van der Waals surface area (Å²) in [5.74, 6) is -1.70. The van der Waals surface area contributed by atoms with Crippen molar-refractivity contribution in [1.29, 1.82) is 0 Å². The first-order valence-electron chi connectivity index (χ1n) is 5.90. The molecule has 0 atom stereocenters. The molecule has 0 fully saturated rings. The first-order valence-corrected chi connectivity index (χ1v) is 6.89. The van der Waals surface area contributed by atoms with Crippen LogP contribution in [0, 0.1) is 5.82 Å². The number of hydrogen-bond donors (Lipinski definition) is 1. The highest BCUT2D eigenvalue weighted by atomic mass is 32.2. The molecule has 0 aliphatic rings. The molecule has 0 aliphatic carbocycles. The van der Waals surface area contributed by atoms with Gasteiger partial charge < -0.3 is 5.11 Å². The number of nitrogens with zero attached hydrogens (tertiary/aromatic N) is 2. The highest BCUT2D eigenvalue weighted by Gasteiger charge is 2.16. The number of hydrogen-bond acceptors (Lipinski definition) is 3. The Balaban J connectivity index is 2.22. The average Bonchev–Trinajstić information content (AvgIpc) is 2.82. The van der Waals surface area contributed by atoms with Crippen molar-refractivity contribution in [3.05, 3.63) is 47.4 Å². The molecular weight excluding hydrogens is 305 g/mol. The number of aromatic nitrogens is 2. The lowest BCUT2D eigenvalue weighted by Crippen LogP contribution is -2.06. The number of carbonyl (C=O) groups is 1. The largest absolute Gasteiger partial charge is 0.481 e. The number of alkyl halides is 2. The number of aliphatic carboxylic acids is 1. The molecule has 1 N–H and O–H groups in total. The highest BCUT2D eigenvalue weighted by Crippen LogP contribution is 2.25. The third-order valence-corrected chi connectivity index (χ3v) is 3.59. The molecule has 1 aromatic heterocycles. The summed E-state index contributed by atoms with van der Waals surface area (Å²) in [5, 5.41) is 12.8. The van der Waals surface area contributed by atoms with E-state index in [2.05, 4.69) is 5.10 Å². The van der Waals surface area contributed by atoms with Crippen molar-refractivity contribution in [3.63, 3.8) is 0 Å². The maximum atomic E-state index is 12.8. The summed E-state index contributed by atoms with van der Waals surface area (Å²) in [6, 6.07) is 6.73. The maximum absolute atomic E-state index is 12.8. The molecule has 8 heteroatoms. The molecular formula is C13H11F3N2O2S. The molecule has 0 spiro atoms. The number of carboxylic acid groups (broad SMARTS) is 1. The maximum Gasteiger partial charge on any atom is 0.313 e. The van der Waals surface area contributed by atoms with Gasteiger partial charge in [-0.3, -0.25) is 9.48 Å². The lowest BCUT2D eigenvalue weighted by Gasteiger charge is -2.06. The van der Waals surface area contributed by atoms with Crippen LogP contribution >= 0.6 is 11.8 Å². The Hall–Kier alpha value is -1.96. The van der Waals surface area contributed by atoms with Crippen LogP contribution in [0.15, 0.2) is 35.4 Å². The predicted molar refractivity (Wildman–Crippen MR) is 71.0 cm³/mol. The molecule has 21 heavy (non-hydrogen) atoms. The smallest absolute Gasteiger partial charge is 0.313 e. The van der Waals surface area contributed by atoms with E-state index in [-0.39, 0.29) is 12.3 Å². The van der Waals surface area contributed by atoms with Crippen molar-refractivity contribution in [2.24, 2.45) is 0 Å². The highest BCUT2D eigenvalue weighted by molar-refractivity contribution is 7.99. The van der Waals surface area contributed by atoms with E-state index in [0.717, 1.165) is 11.8 Å². The minimum absolute atomic E-state index is 0.162. The van der Waals surface area contributed by atoms with Gasteiger partial charge in [0, 0.05) is 0 Å². The van der Waals surface area contributed by atoms with Gasteiger partial charge >= 0.3 is 5.97 Å². The fourth-order valence-corrected chi connectivity index (χ4v) is 2.38. The van der Waals surface area contributed by atoms with Crippen LogP contribution in [-0.4, -0.2) is 26.6 Å². The summed E-state index contributed by atoms with van der Waals surface area (Å²) in [7, 11) is 0. The Morgan fingerprint density at radius 1 is 1.33 bits per heavy atom. The summed E-state index contributed by atoms with van der Waals surface area (Å²) in [6.45, 7) is 0.162. The number of halogens is 3. The van der Waals surface area contributed by atoms with Crippen LogP contribution in [0.1, 0.15) is 17.7 Å². The van der Waals surface area contributed by atoms with Gasteiger partial charge in [-0.15, -0.1) is 0 Å². The van der Waals surface area contributed by atoms with Crippen molar-refractivity contribution in [2.45, 2.75) is 18.0 Å². The SMILES string of the molecule is O=C(O)CSc1cc(C(F)F)nn1Cc1ccc(F)cc1. The second-order valence-electron chi connectivity index (χ2n) is 4.17. The fraction of sp³-hybridized carbons (Fsp3) is 0.231. The van der Waals surface area contributed by atoms with Gasteiger partial charge in [0.2, 0.25) is 0 Å². The molecule has 1 aromatic carbocycles. The van der Waals surface area contributed by atoms with Gasteiger partial charge in [0.15, 0.2) is 0 Å². The molecule has 0 saturated carbocycles. The van der Waals surface area contributed by atoms with Gasteiger partial charge in [-0.1, -0.05) is 23.9 Å². The second-order valence-corrected chi connectivity index (χ2v) is 5.17. The van der Waals surface area contributed by atoms with Crippen LogP contribution < -0.4 is 0 Å². The molecule has 0 radical (unpaired) electrons. The third kappa shape index (κ3) is 4.25. The zero-order chi connectivity index (χ0) is 15.4. The van der Waals surface area contributed by atoms with Gasteiger partial charge in [-0.25, -0.2) is 13.2 Å².